The summed E-state index contributed by atoms with van der Waals surface area (Å²) in [6.07, 6.45) is 2.67. The van der Waals surface area contributed by atoms with Crippen LogP contribution in [0.2, 0.25) is 0 Å². The predicted molar refractivity (Wildman–Crippen MR) is 49.0 cm³/mol. The number of fused-ring (bicyclic) bond motifs is 5. The maximum Gasteiger partial charge on any atom is 0.0329 e. The quantitative estimate of drug-likeness (QED) is 0.613. The molecule has 12 heavy (non-hydrogen) atoms. The third-order valence-corrected chi connectivity index (χ3v) is 3.14. The minimum Gasteiger partial charge on any atom is -0.303 e. The maximum atomic E-state index is 3.62. The summed E-state index contributed by atoms with van der Waals surface area (Å²) < 4.78 is 0. The zero-order valence-electron chi connectivity index (χ0n) is 7.30. The van der Waals surface area contributed by atoms with Crippen LogP contribution >= 0.6 is 0 Å². The van der Waals surface area contributed by atoms with E-state index in [0.717, 1.165) is 0 Å². The van der Waals surface area contributed by atoms with Crippen molar-refractivity contribution in [2.24, 2.45) is 0 Å². The van der Waals surface area contributed by atoms with Crippen LogP contribution in [0.4, 0.5) is 0 Å². The molecule has 1 N–H and O–H groups in total. The van der Waals surface area contributed by atoms with E-state index >= 15 is 0 Å². The fraction of sp³-hybridized carbons (Fsp3) is 0.455. The Morgan fingerprint density at radius 2 is 1.92 bits per heavy atom. The van der Waals surface area contributed by atoms with Crippen molar-refractivity contribution < 1.29 is 0 Å². The smallest absolute Gasteiger partial charge is 0.0329 e. The van der Waals surface area contributed by atoms with Gasteiger partial charge in [-0.1, -0.05) is 23.8 Å². The minimum absolute atomic E-state index is 0.671. The van der Waals surface area contributed by atoms with Crippen LogP contribution in [0.5, 0.6) is 0 Å². The average Bonchev–Trinajstić information content (AvgIpc) is 2.63. The summed E-state index contributed by atoms with van der Waals surface area (Å²) in [6, 6.07) is 8.20. The molecule has 1 nitrogen and oxygen atoms in total. The minimum atomic E-state index is 0.671. The first-order chi connectivity index (χ1) is 5.84. The summed E-state index contributed by atoms with van der Waals surface area (Å²) in [5.74, 6) is 0. The molecule has 1 aromatic rings. The van der Waals surface area contributed by atoms with Crippen LogP contribution in [0.25, 0.3) is 0 Å². The van der Waals surface area contributed by atoms with E-state index in [-0.39, 0.29) is 0 Å². The van der Waals surface area contributed by atoms with Crippen LogP contribution in [0.1, 0.15) is 41.6 Å². The average molecular weight is 159 g/mol. The van der Waals surface area contributed by atoms with Crippen molar-refractivity contribution in [3.8, 4) is 0 Å². The summed E-state index contributed by atoms with van der Waals surface area (Å²) in [4.78, 5) is 0. The molecule has 1 aromatic carbocycles. The summed E-state index contributed by atoms with van der Waals surface area (Å²) in [5, 5.41) is 3.62. The molecule has 3 rings (SSSR count). The monoisotopic (exact) mass is 159 g/mol. The van der Waals surface area contributed by atoms with Gasteiger partial charge in [0.1, 0.15) is 0 Å². The lowest BCUT2D eigenvalue weighted by atomic mass is 9.91. The van der Waals surface area contributed by atoms with Gasteiger partial charge >= 0.3 is 0 Å². The fourth-order valence-corrected chi connectivity index (χ4v) is 2.55. The summed E-state index contributed by atoms with van der Waals surface area (Å²) in [6.45, 7) is 2.17. The Morgan fingerprint density at radius 1 is 1.17 bits per heavy atom. The number of nitrogens with one attached hydrogen (secondary N) is 1. The van der Waals surface area contributed by atoms with Crippen LogP contribution in [0.3, 0.4) is 0 Å². The summed E-state index contributed by atoms with van der Waals surface area (Å²) in [5.41, 5.74) is 4.51. The molecule has 0 spiro atoms. The van der Waals surface area contributed by atoms with Crippen molar-refractivity contribution in [3.63, 3.8) is 0 Å². The van der Waals surface area contributed by atoms with E-state index < -0.39 is 0 Å². The lowest BCUT2D eigenvalue weighted by molar-refractivity contribution is 0.639. The molecule has 2 unspecified atom stereocenters. The summed E-state index contributed by atoms with van der Waals surface area (Å²) >= 11 is 0. The molecule has 2 aliphatic rings. The number of hydrogen-bond donors (Lipinski definition) is 1. The fourth-order valence-electron chi connectivity index (χ4n) is 2.55. The Balaban J connectivity index is 2.20. The van der Waals surface area contributed by atoms with Crippen LogP contribution in [-0.4, -0.2) is 0 Å². The lowest BCUT2D eigenvalue weighted by Crippen LogP contribution is -2.05. The largest absolute Gasteiger partial charge is 0.303 e. The zero-order valence-corrected chi connectivity index (χ0v) is 7.30. The van der Waals surface area contributed by atoms with E-state index in [2.05, 4.69) is 30.4 Å². The molecule has 62 valence electrons. The molecule has 0 radical (unpaired) electrons. The van der Waals surface area contributed by atoms with Gasteiger partial charge in [-0.15, -0.1) is 0 Å². The Bertz CT molecular complexity index is 330. The molecule has 2 bridgehead atoms. The number of rotatable bonds is 0. The van der Waals surface area contributed by atoms with E-state index in [1.165, 1.54) is 18.4 Å². The third-order valence-electron chi connectivity index (χ3n) is 3.14. The molecule has 1 saturated heterocycles. The van der Waals surface area contributed by atoms with E-state index in [0.29, 0.717) is 12.1 Å². The van der Waals surface area contributed by atoms with Gasteiger partial charge in [-0.05, 0) is 30.9 Å². The van der Waals surface area contributed by atoms with Gasteiger partial charge in [-0.3, -0.25) is 0 Å². The van der Waals surface area contributed by atoms with Crippen LogP contribution in [0.15, 0.2) is 18.2 Å². The second-order valence-corrected chi connectivity index (χ2v) is 3.98. The maximum absolute atomic E-state index is 3.62. The van der Waals surface area contributed by atoms with Crippen molar-refractivity contribution in [1.29, 1.82) is 0 Å². The van der Waals surface area contributed by atoms with Gasteiger partial charge in [-0.2, -0.15) is 0 Å². The Hall–Kier alpha value is -0.820. The summed E-state index contributed by atoms with van der Waals surface area (Å²) in [7, 11) is 0. The normalized spacial score (nSPS) is 30.8. The van der Waals surface area contributed by atoms with Crippen molar-refractivity contribution in [1.82, 2.24) is 5.32 Å². The SMILES string of the molecule is Cc1ccc2c(c1)C1CCC2N1. The molecule has 1 fully saturated rings. The van der Waals surface area contributed by atoms with Crippen LogP contribution < -0.4 is 5.32 Å². The first-order valence-corrected chi connectivity index (χ1v) is 4.71. The number of hydrogen-bond acceptors (Lipinski definition) is 1. The number of aryl methyl sites for hydroxylation is 1. The molecule has 2 aliphatic heterocycles. The van der Waals surface area contributed by atoms with E-state index in [4.69, 9.17) is 0 Å². The molecule has 0 amide bonds. The molecule has 2 atom stereocenters. The topological polar surface area (TPSA) is 12.0 Å². The molecule has 1 heteroatoms. The first-order valence-electron chi connectivity index (χ1n) is 4.71. The molecular formula is C11H13N. The van der Waals surface area contributed by atoms with Crippen LogP contribution in [0, 0.1) is 6.92 Å². The van der Waals surface area contributed by atoms with Crippen molar-refractivity contribution in [2.45, 2.75) is 31.8 Å². The van der Waals surface area contributed by atoms with E-state index in [1.807, 2.05) is 0 Å². The first kappa shape index (κ1) is 6.67. The lowest BCUT2D eigenvalue weighted by Gasteiger charge is -2.12. The van der Waals surface area contributed by atoms with Gasteiger partial charge in [0.05, 0.1) is 0 Å². The van der Waals surface area contributed by atoms with Crippen molar-refractivity contribution >= 4 is 0 Å². The second kappa shape index (κ2) is 2.11. The molecule has 0 aromatic heterocycles. The van der Waals surface area contributed by atoms with Gasteiger partial charge in [0.2, 0.25) is 0 Å². The second-order valence-electron chi connectivity index (χ2n) is 3.98. The van der Waals surface area contributed by atoms with Crippen molar-refractivity contribution in [2.75, 3.05) is 0 Å². The molecule has 0 aliphatic carbocycles. The van der Waals surface area contributed by atoms with Gasteiger partial charge in [0.25, 0.3) is 0 Å². The zero-order chi connectivity index (χ0) is 8.13. The van der Waals surface area contributed by atoms with Gasteiger partial charge in [0, 0.05) is 12.1 Å². The molecule has 0 saturated carbocycles. The van der Waals surface area contributed by atoms with E-state index in [1.54, 1.807) is 11.1 Å². The highest BCUT2D eigenvalue weighted by Gasteiger charge is 2.35. The van der Waals surface area contributed by atoms with Gasteiger partial charge < -0.3 is 5.32 Å². The van der Waals surface area contributed by atoms with Gasteiger partial charge in [-0.25, -0.2) is 0 Å². The molecule has 2 heterocycles. The van der Waals surface area contributed by atoms with Crippen molar-refractivity contribution in [3.05, 3.63) is 34.9 Å². The highest BCUT2D eigenvalue weighted by Crippen LogP contribution is 2.44. The van der Waals surface area contributed by atoms with E-state index in [9.17, 15) is 0 Å². The highest BCUT2D eigenvalue weighted by atomic mass is 15.0. The standard InChI is InChI=1S/C11H13N/c1-7-2-3-8-9(6-7)11-5-4-10(8)12-11/h2-3,6,10-12H,4-5H2,1H3. The Kier molecular flexibility index (Phi) is 1.17. The highest BCUT2D eigenvalue weighted by molar-refractivity contribution is 5.41. The number of benzene rings is 1. The predicted octanol–water partition coefficient (Wildman–Crippen LogP) is 2.47. The third kappa shape index (κ3) is 0.721. The van der Waals surface area contributed by atoms with Gasteiger partial charge in [0.15, 0.2) is 0 Å². The Morgan fingerprint density at radius 3 is 2.75 bits per heavy atom. The Labute approximate surface area is 72.8 Å². The van der Waals surface area contributed by atoms with Crippen LogP contribution in [-0.2, 0) is 0 Å². The molecular weight excluding hydrogens is 146 g/mol.